The number of thiophene rings is 1. The van der Waals surface area contributed by atoms with E-state index in [-0.39, 0.29) is 13.0 Å². The summed E-state index contributed by atoms with van der Waals surface area (Å²) in [6.07, 6.45) is 2.41. The first kappa shape index (κ1) is 25.6. The molecule has 2 amide bonds. The molecule has 3 rings (SSSR count). The molecule has 2 aromatic rings. The maximum Gasteiger partial charge on any atom is 0.262 e. The van der Waals surface area contributed by atoms with E-state index in [1.54, 1.807) is 24.3 Å². The molecule has 3 N–H and O–H groups in total. The number of rotatable bonds is 7. The number of alkyl halides is 1. The van der Waals surface area contributed by atoms with Crippen LogP contribution in [0.5, 0.6) is 0 Å². The number of hydrogen-bond donors (Lipinski definition) is 3. The standard InChI is InChI=1S/C21H21BrIN5O4S/c22-17-6-5-16(33-17)19(30)27-21(23,8-10-29)20(31)26-14-1-3-15(4-2-14)28-9-12-32-11-7-18(28)25-13-24/h1-6,29H,7-12H2,(H,26,31)(H,27,30)/t21-/m1/s1. The second kappa shape index (κ2) is 11.9. The molecule has 0 spiro atoms. The van der Waals surface area contributed by atoms with Crippen LogP contribution in [0.1, 0.15) is 22.5 Å². The number of benzene rings is 1. The fourth-order valence-corrected chi connectivity index (χ4v) is 5.06. The first-order valence-corrected chi connectivity index (χ1v) is 12.6. The number of aliphatic hydroxyl groups excluding tert-OH is 1. The van der Waals surface area contributed by atoms with Crippen LogP contribution < -0.4 is 15.5 Å². The lowest BCUT2D eigenvalue weighted by atomic mass is 10.1. The molecular formula is C21H21BrIN5O4S. The molecule has 0 aliphatic carbocycles. The zero-order chi connectivity index (χ0) is 23.8. The second-order valence-electron chi connectivity index (χ2n) is 6.98. The highest BCUT2D eigenvalue weighted by Crippen LogP contribution is 2.27. The molecular weight excluding hydrogens is 625 g/mol. The van der Waals surface area contributed by atoms with Crippen molar-refractivity contribution in [3.63, 3.8) is 0 Å². The van der Waals surface area contributed by atoms with E-state index in [0.717, 1.165) is 9.47 Å². The molecule has 0 radical (unpaired) electrons. The Kier molecular flexibility index (Phi) is 9.21. The third-order valence-electron chi connectivity index (χ3n) is 4.78. The summed E-state index contributed by atoms with van der Waals surface area (Å²) >= 11 is 6.43. The van der Waals surface area contributed by atoms with Gasteiger partial charge in [-0.3, -0.25) is 9.59 Å². The van der Waals surface area contributed by atoms with Gasteiger partial charge in [0.1, 0.15) is 5.84 Å². The minimum atomic E-state index is -1.34. The van der Waals surface area contributed by atoms with Gasteiger partial charge in [0.15, 0.2) is 3.55 Å². The van der Waals surface area contributed by atoms with Crippen LogP contribution in [-0.2, 0) is 9.53 Å². The smallest absolute Gasteiger partial charge is 0.262 e. The van der Waals surface area contributed by atoms with Gasteiger partial charge in [0.05, 0.1) is 21.9 Å². The number of nitrogens with one attached hydrogen (secondary N) is 2. The van der Waals surface area contributed by atoms with Crippen molar-refractivity contribution < 1.29 is 19.4 Å². The summed E-state index contributed by atoms with van der Waals surface area (Å²) in [5, 5.41) is 24.0. The summed E-state index contributed by atoms with van der Waals surface area (Å²) in [7, 11) is 0. The number of amides is 2. The van der Waals surface area contributed by atoms with Gasteiger partial charge in [-0.25, -0.2) is 0 Å². The number of nitriles is 1. The summed E-state index contributed by atoms with van der Waals surface area (Å²) in [5.74, 6) is -0.223. The summed E-state index contributed by atoms with van der Waals surface area (Å²) < 4.78 is 4.94. The van der Waals surface area contributed by atoms with Crippen molar-refractivity contribution in [1.29, 1.82) is 5.26 Å². The van der Waals surface area contributed by atoms with Gasteiger partial charge in [0.25, 0.3) is 11.8 Å². The lowest BCUT2D eigenvalue weighted by Crippen LogP contribution is -2.52. The van der Waals surface area contributed by atoms with Gasteiger partial charge in [-0.05, 0) is 74.9 Å². The van der Waals surface area contributed by atoms with Crippen molar-refractivity contribution in [2.75, 3.05) is 36.6 Å². The monoisotopic (exact) mass is 645 g/mol. The van der Waals surface area contributed by atoms with E-state index >= 15 is 0 Å². The molecule has 1 aromatic heterocycles. The van der Waals surface area contributed by atoms with Crippen LogP contribution in [0.2, 0.25) is 0 Å². The second-order valence-corrected chi connectivity index (χ2v) is 11.3. The van der Waals surface area contributed by atoms with Gasteiger partial charge in [-0.15, -0.1) is 11.3 Å². The van der Waals surface area contributed by atoms with E-state index in [2.05, 4.69) is 31.6 Å². The minimum Gasteiger partial charge on any atom is -0.396 e. The van der Waals surface area contributed by atoms with Crippen molar-refractivity contribution in [3.05, 3.63) is 45.1 Å². The molecule has 1 saturated heterocycles. The van der Waals surface area contributed by atoms with E-state index in [0.29, 0.717) is 42.6 Å². The first-order chi connectivity index (χ1) is 15.9. The van der Waals surface area contributed by atoms with E-state index < -0.39 is 15.4 Å². The highest BCUT2D eigenvalue weighted by Gasteiger charge is 2.37. The molecule has 1 aliphatic heterocycles. The number of aliphatic hydroxyl groups is 1. The Labute approximate surface area is 217 Å². The largest absolute Gasteiger partial charge is 0.396 e. The number of hydrogen-bond acceptors (Lipinski definition) is 7. The van der Waals surface area contributed by atoms with Crippen LogP contribution in [0.15, 0.2) is 45.2 Å². The molecule has 33 heavy (non-hydrogen) atoms. The predicted octanol–water partition coefficient (Wildman–Crippen LogP) is 3.50. The Hall–Kier alpha value is -2.05. The maximum absolute atomic E-state index is 13.0. The molecule has 1 aliphatic rings. The van der Waals surface area contributed by atoms with E-state index in [4.69, 9.17) is 10.00 Å². The molecule has 2 heterocycles. The lowest BCUT2D eigenvalue weighted by molar-refractivity contribution is -0.118. The van der Waals surface area contributed by atoms with Crippen LogP contribution in [0.25, 0.3) is 0 Å². The zero-order valence-corrected chi connectivity index (χ0v) is 21.9. The highest BCUT2D eigenvalue weighted by atomic mass is 127. The number of carbonyl (C=O) groups is 2. The van der Waals surface area contributed by atoms with Crippen LogP contribution in [0.4, 0.5) is 11.4 Å². The van der Waals surface area contributed by atoms with E-state index in [1.165, 1.54) is 11.3 Å². The summed E-state index contributed by atoms with van der Waals surface area (Å²) in [6.45, 7) is 1.30. The molecule has 1 atom stereocenters. The molecule has 12 heteroatoms. The lowest BCUT2D eigenvalue weighted by Gasteiger charge is -2.27. The van der Waals surface area contributed by atoms with Crippen molar-refractivity contribution >= 4 is 78.9 Å². The summed E-state index contributed by atoms with van der Waals surface area (Å²) in [6, 6.07) is 10.5. The normalized spacial score (nSPS) is 17.0. The van der Waals surface area contributed by atoms with Crippen molar-refractivity contribution in [3.8, 4) is 6.19 Å². The van der Waals surface area contributed by atoms with Gasteiger partial charge in [0, 0.05) is 37.4 Å². The van der Waals surface area contributed by atoms with Crippen molar-refractivity contribution in [2.45, 2.75) is 16.4 Å². The van der Waals surface area contributed by atoms with Gasteiger partial charge in [0.2, 0.25) is 6.19 Å². The minimum absolute atomic E-state index is 0.0392. The van der Waals surface area contributed by atoms with Crippen LogP contribution in [0, 0.1) is 11.5 Å². The van der Waals surface area contributed by atoms with Gasteiger partial charge in [-0.2, -0.15) is 10.3 Å². The average Bonchev–Trinajstić information content (AvgIpc) is 3.10. The number of carbonyl (C=O) groups excluding carboxylic acids is 2. The zero-order valence-electron chi connectivity index (χ0n) is 17.4. The Morgan fingerprint density at radius 1 is 1.30 bits per heavy atom. The Bertz CT molecular complexity index is 1070. The fraction of sp³-hybridized carbons (Fsp3) is 0.333. The quantitative estimate of drug-likeness (QED) is 0.183. The Morgan fingerprint density at radius 2 is 2.06 bits per heavy atom. The van der Waals surface area contributed by atoms with Gasteiger partial charge < -0.3 is 25.4 Å². The Balaban J connectivity index is 1.72. The predicted molar refractivity (Wildman–Crippen MR) is 139 cm³/mol. The van der Waals surface area contributed by atoms with E-state index in [1.807, 2.05) is 45.8 Å². The number of ether oxygens (including phenoxy) is 1. The average molecular weight is 646 g/mol. The third kappa shape index (κ3) is 6.73. The molecule has 0 saturated carbocycles. The number of anilines is 2. The van der Waals surface area contributed by atoms with Crippen molar-refractivity contribution in [2.24, 2.45) is 4.99 Å². The number of halogens is 2. The first-order valence-electron chi connectivity index (χ1n) is 9.96. The van der Waals surface area contributed by atoms with Crippen LogP contribution in [0.3, 0.4) is 0 Å². The van der Waals surface area contributed by atoms with E-state index in [9.17, 15) is 14.7 Å². The van der Waals surface area contributed by atoms with Gasteiger partial charge in [-0.1, -0.05) is 0 Å². The van der Waals surface area contributed by atoms with Crippen LogP contribution >= 0.6 is 49.9 Å². The van der Waals surface area contributed by atoms with Crippen molar-refractivity contribution in [1.82, 2.24) is 5.32 Å². The molecule has 0 unspecified atom stereocenters. The SMILES string of the molecule is N#CN=C1CCOCCN1c1ccc(NC(=O)[C@@](I)(CCO)NC(=O)c2ccc(Br)s2)cc1. The molecule has 0 bridgehead atoms. The number of aliphatic imine (C=N–C) groups is 1. The Morgan fingerprint density at radius 3 is 2.70 bits per heavy atom. The number of nitrogens with zero attached hydrogens (tertiary/aromatic N) is 3. The van der Waals surface area contributed by atoms with Crippen LogP contribution in [-0.4, -0.2) is 52.7 Å². The fourth-order valence-electron chi connectivity index (χ4n) is 3.16. The third-order valence-corrected chi connectivity index (χ3v) is 7.70. The number of amidine groups is 1. The molecule has 1 aromatic carbocycles. The molecule has 9 nitrogen and oxygen atoms in total. The topological polar surface area (TPSA) is 127 Å². The summed E-state index contributed by atoms with van der Waals surface area (Å²) in [4.78, 5) is 31.9. The maximum atomic E-state index is 13.0. The summed E-state index contributed by atoms with van der Waals surface area (Å²) in [5.41, 5.74) is 1.35. The molecule has 1 fully saturated rings. The van der Waals surface area contributed by atoms with Gasteiger partial charge >= 0.3 is 0 Å². The highest BCUT2D eigenvalue weighted by molar-refractivity contribution is 14.1. The molecule has 174 valence electrons.